The fraction of sp³-hybridized carbons (Fsp3) is 0.158. The normalized spacial score (nSPS) is 10.1. The summed E-state index contributed by atoms with van der Waals surface area (Å²) in [5.41, 5.74) is 0.463. The predicted molar refractivity (Wildman–Crippen MR) is 98.7 cm³/mol. The second-order valence-corrected chi connectivity index (χ2v) is 5.18. The van der Waals surface area contributed by atoms with E-state index < -0.39 is 29.2 Å². The Morgan fingerprint density at radius 1 is 1.00 bits per heavy atom. The SMILES string of the molecule is CCOC(=O)C=Cc1ccc(O)c(OC)c1.O=C(O)c1cc(O)c(O)c(O)c1. The van der Waals surface area contributed by atoms with Gasteiger partial charge in [0, 0.05) is 6.08 Å². The maximum Gasteiger partial charge on any atom is 0.335 e. The molecule has 0 spiro atoms. The van der Waals surface area contributed by atoms with E-state index in [4.69, 9.17) is 29.9 Å². The van der Waals surface area contributed by atoms with Crippen LogP contribution in [0.3, 0.4) is 0 Å². The van der Waals surface area contributed by atoms with Crippen LogP contribution in [0, 0.1) is 0 Å². The molecule has 9 heteroatoms. The van der Waals surface area contributed by atoms with Crippen molar-refractivity contribution in [2.45, 2.75) is 6.92 Å². The lowest BCUT2D eigenvalue weighted by molar-refractivity contribution is -0.137. The predicted octanol–water partition coefficient (Wildman–Crippen LogP) is 2.48. The first-order chi connectivity index (χ1) is 13.2. The zero-order chi connectivity index (χ0) is 21.3. The minimum atomic E-state index is -1.29. The summed E-state index contributed by atoms with van der Waals surface area (Å²) in [5, 5.41) is 44.3. The first-order valence-corrected chi connectivity index (χ1v) is 7.89. The van der Waals surface area contributed by atoms with Gasteiger partial charge in [0.1, 0.15) is 0 Å². The average Bonchev–Trinajstić information content (AvgIpc) is 2.65. The van der Waals surface area contributed by atoms with Crippen molar-refractivity contribution >= 4 is 18.0 Å². The molecule has 0 bridgehead atoms. The molecule has 150 valence electrons. The third kappa shape index (κ3) is 6.45. The molecule has 0 aliphatic heterocycles. The molecule has 9 nitrogen and oxygen atoms in total. The number of phenolic OH excluding ortho intramolecular Hbond substituents is 4. The average molecular weight is 392 g/mol. The quantitative estimate of drug-likeness (QED) is 0.293. The minimum absolute atomic E-state index is 0.0655. The largest absolute Gasteiger partial charge is 0.504 e. The number of aromatic carboxylic acids is 1. The van der Waals surface area contributed by atoms with E-state index in [1.807, 2.05) is 0 Å². The Balaban J connectivity index is 0.000000292. The van der Waals surface area contributed by atoms with Crippen LogP contribution in [0.1, 0.15) is 22.8 Å². The zero-order valence-corrected chi connectivity index (χ0v) is 15.1. The molecule has 5 N–H and O–H groups in total. The zero-order valence-electron chi connectivity index (χ0n) is 15.1. The van der Waals surface area contributed by atoms with Crippen molar-refractivity contribution in [2.75, 3.05) is 13.7 Å². The van der Waals surface area contributed by atoms with Crippen LogP contribution < -0.4 is 4.74 Å². The summed E-state index contributed by atoms with van der Waals surface area (Å²) in [4.78, 5) is 21.4. The van der Waals surface area contributed by atoms with Gasteiger partial charge in [-0.1, -0.05) is 6.07 Å². The van der Waals surface area contributed by atoms with Crippen LogP contribution in [0.25, 0.3) is 6.08 Å². The third-order valence-electron chi connectivity index (χ3n) is 3.22. The molecule has 0 aliphatic carbocycles. The number of phenols is 4. The second-order valence-electron chi connectivity index (χ2n) is 5.18. The van der Waals surface area contributed by atoms with Crippen LogP contribution in [0.5, 0.6) is 28.7 Å². The van der Waals surface area contributed by atoms with E-state index in [0.717, 1.165) is 17.7 Å². The Morgan fingerprint density at radius 3 is 2.11 bits per heavy atom. The van der Waals surface area contributed by atoms with Crippen molar-refractivity contribution in [3.8, 4) is 28.7 Å². The Morgan fingerprint density at radius 2 is 1.61 bits per heavy atom. The molecule has 0 aromatic heterocycles. The van der Waals surface area contributed by atoms with Gasteiger partial charge in [0.15, 0.2) is 28.7 Å². The highest BCUT2D eigenvalue weighted by molar-refractivity contribution is 5.89. The maximum absolute atomic E-state index is 11.0. The number of carboxylic acid groups (broad SMARTS) is 1. The molecule has 0 unspecified atom stereocenters. The van der Waals surface area contributed by atoms with Crippen LogP contribution in [0.15, 0.2) is 36.4 Å². The van der Waals surface area contributed by atoms with Gasteiger partial charge in [0.05, 0.1) is 19.3 Å². The minimum Gasteiger partial charge on any atom is -0.504 e. The van der Waals surface area contributed by atoms with Crippen LogP contribution in [-0.4, -0.2) is 51.2 Å². The standard InChI is InChI=1S/C12H14O4.C7H6O5/c1-3-16-12(14)7-5-9-4-6-10(13)11(8-9)15-2;8-4-1-3(7(11)12)2-5(9)6(4)10/h4-8,13H,3H2,1-2H3;1-2,8-10H,(H,11,12). The smallest absolute Gasteiger partial charge is 0.335 e. The molecule has 0 heterocycles. The molecule has 0 radical (unpaired) electrons. The summed E-state index contributed by atoms with van der Waals surface area (Å²) in [7, 11) is 1.47. The van der Waals surface area contributed by atoms with E-state index in [9.17, 15) is 14.7 Å². The molecule has 2 aromatic rings. The van der Waals surface area contributed by atoms with Crippen LogP contribution >= 0.6 is 0 Å². The topological polar surface area (TPSA) is 154 Å². The van der Waals surface area contributed by atoms with Crippen molar-refractivity contribution in [1.82, 2.24) is 0 Å². The second kappa shape index (κ2) is 10.3. The summed E-state index contributed by atoms with van der Waals surface area (Å²) in [6.07, 6.45) is 2.93. The van der Waals surface area contributed by atoms with E-state index in [2.05, 4.69) is 0 Å². The van der Waals surface area contributed by atoms with Gasteiger partial charge in [-0.2, -0.15) is 0 Å². The third-order valence-corrected chi connectivity index (χ3v) is 3.22. The molecule has 0 saturated heterocycles. The molecule has 0 aliphatic rings. The number of rotatable bonds is 5. The van der Waals surface area contributed by atoms with E-state index in [-0.39, 0.29) is 11.3 Å². The molecule has 0 atom stereocenters. The first-order valence-electron chi connectivity index (χ1n) is 7.89. The molecule has 28 heavy (non-hydrogen) atoms. The fourth-order valence-corrected chi connectivity index (χ4v) is 1.88. The first kappa shape index (κ1) is 22.2. The van der Waals surface area contributed by atoms with Crippen LogP contribution in [0.2, 0.25) is 0 Å². The Kier molecular flexibility index (Phi) is 8.16. The lowest BCUT2D eigenvalue weighted by Gasteiger charge is -2.03. The van der Waals surface area contributed by atoms with Gasteiger partial charge in [-0.05, 0) is 42.8 Å². The molecular weight excluding hydrogens is 372 g/mol. The summed E-state index contributed by atoms with van der Waals surface area (Å²) in [6.45, 7) is 2.09. The number of aromatic hydroxyl groups is 4. The van der Waals surface area contributed by atoms with Crippen LogP contribution in [-0.2, 0) is 9.53 Å². The van der Waals surface area contributed by atoms with E-state index in [1.54, 1.807) is 25.1 Å². The summed E-state index contributed by atoms with van der Waals surface area (Å²) in [5.74, 6) is -3.29. The van der Waals surface area contributed by atoms with Gasteiger partial charge >= 0.3 is 11.9 Å². The van der Waals surface area contributed by atoms with E-state index >= 15 is 0 Å². The number of benzene rings is 2. The Bertz CT molecular complexity index is 849. The Hall–Kier alpha value is -3.88. The van der Waals surface area contributed by atoms with E-state index in [0.29, 0.717) is 12.4 Å². The summed E-state index contributed by atoms with van der Waals surface area (Å²) in [6, 6.07) is 6.50. The van der Waals surface area contributed by atoms with Gasteiger partial charge in [0.2, 0.25) is 0 Å². The highest BCUT2D eigenvalue weighted by Crippen LogP contribution is 2.35. The monoisotopic (exact) mass is 392 g/mol. The van der Waals surface area contributed by atoms with Crippen molar-refractivity contribution in [3.05, 3.63) is 47.5 Å². The van der Waals surface area contributed by atoms with Gasteiger partial charge < -0.3 is 35.0 Å². The number of carbonyl (C=O) groups excluding carboxylic acids is 1. The van der Waals surface area contributed by atoms with Gasteiger partial charge in [0.25, 0.3) is 0 Å². The number of esters is 1. The molecule has 2 rings (SSSR count). The van der Waals surface area contributed by atoms with Gasteiger partial charge in [-0.25, -0.2) is 9.59 Å². The molecule has 0 amide bonds. The molecule has 0 fully saturated rings. The molecule has 0 saturated carbocycles. The van der Waals surface area contributed by atoms with Gasteiger partial charge in [-0.15, -0.1) is 0 Å². The van der Waals surface area contributed by atoms with Crippen LogP contribution in [0.4, 0.5) is 0 Å². The highest BCUT2D eigenvalue weighted by atomic mass is 16.5. The van der Waals surface area contributed by atoms with Crippen molar-refractivity contribution in [1.29, 1.82) is 0 Å². The van der Waals surface area contributed by atoms with E-state index in [1.165, 1.54) is 19.3 Å². The molecule has 2 aromatic carbocycles. The highest BCUT2D eigenvalue weighted by Gasteiger charge is 2.11. The Labute approximate surface area is 160 Å². The molecular formula is C19H20O9. The number of methoxy groups -OCH3 is 1. The number of ether oxygens (including phenoxy) is 2. The van der Waals surface area contributed by atoms with Crippen molar-refractivity contribution in [2.24, 2.45) is 0 Å². The maximum atomic E-state index is 11.0. The number of hydrogen-bond donors (Lipinski definition) is 5. The van der Waals surface area contributed by atoms with Crippen molar-refractivity contribution < 1.29 is 44.6 Å². The number of carbonyl (C=O) groups is 2. The lowest BCUT2D eigenvalue weighted by atomic mass is 10.2. The number of carboxylic acids is 1. The number of hydrogen-bond acceptors (Lipinski definition) is 8. The fourth-order valence-electron chi connectivity index (χ4n) is 1.88. The van der Waals surface area contributed by atoms with Crippen molar-refractivity contribution in [3.63, 3.8) is 0 Å². The summed E-state index contributed by atoms with van der Waals surface area (Å²) < 4.78 is 9.68. The van der Waals surface area contributed by atoms with Gasteiger partial charge in [-0.3, -0.25) is 0 Å². The lowest BCUT2D eigenvalue weighted by Crippen LogP contribution is -1.98. The summed E-state index contributed by atoms with van der Waals surface area (Å²) >= 11 is 0.